The van der Waals surface area contributed by atoms with Crippen molar-refractivity contribution in [1.29, 1.82) is 0 Å². The highest BCUT2D eigenvalue weighted by Gasteiger charge is 2.08. The van der Waals surface area contributed by atoms with Gasteiger partial charge in [-0.3, -0.25) is 4.79 Å². The van der Waals surface area contributed by atoms with E-state index in [1.165, 1.54) is 18.2 Å². The zero-order chi connectivity index (χ0) is 11.3. The fourth-order valence-corrected chi connectivity index (χ4v) is 1.63. The average molecular weight is 321 g/mol. The van der Waals surface area contributed by atoms with Crippen molar-refractivity contribution in [1.82, 2.24) is 5.32 Å². The highest BCUT2D eigenvalue weighted by molar-refractivity contribution is 14.1. The molecule has 1 aromatic rings. The van der Waals surface area contributed by atoms with Gasteiger partial charge in [-0.05, 0) is 37.1 Å². The molecule has 0 fully saturated rings. The summed E-state index contributed by atoms with van der Waals surface area (Å²) in [4.78, 5) is 11.6. The number of halogens is 2. The third-order valence-electron chi connectivity index (χ3n) is 2.03. The molecule has 0 aliphatic rings. The zero-order valence-electron chi connectivity index (χ0n) is 8.52. The van der Waals surface area contributed by atoms with Crippen LogP contribution in [0.2, 0.25) is 0 Å². The van der Waals surface area contributed by atoms with Gasteiger partial charge in [-0.25, -0.2) is 4.39 Å². The van der Waals surface area contributed by atoms with Crippen LogP contribution in [0.3, 0.4) is 0 Å². The van der Waals surface area contributed by atoms with Gasteiger partial charge < -0.3 is 5.32 Å². The van der Waals surface area contributed by atoms with E-state index in [0.29, 0.717) is 17.7 Å². The Labute approximate surface area is 102 Å². The molecule has 0 spiro atoms. The normalized spacial score (nSPS) is 10.1. The molecule has 1 aromatic carbocycles. The lowest BCUT2D eigenvalue weighted by Gasteiger charge is -2.06. The van der Waals surface area contributed by atoms with E-state index in [1.54, 1.807) is 6.92 Å². The molecule has 2 nitrogen and oxygen atoms in total. The van der Waals surface area contributed by atoms with Crippen molar-refractivity contribution >= 4 is 28.5 Å². The van der Waals surface area contributed by atoms with Gasteiger partial charge in [0.15, 0.2) is 0 Å². The first-order chi connectivity index (χ1) is 7.15. The summed E-state index contributed by atoms with van der Waals surface area (Å²) >= 11 is 2.26. The maximum Gasteiger partial charge on any atom is 0.251 e. The Kier molecular flexibility index (Phi) is 5.01. The number of benzene rings is 1. The fourth-order valence-electron chi connectivity index (χ4n) is 1.25. The van der Waals surface area contributed by atoms with E-state index < -0.39 is 0 Å². The Morgan fingerprint density at radius 1 is 1.53 bits per heavy atom. The lowest BCUT2D eigenvalue weighted by atomic mass is 10.1. The van der Waals surface area contributed by atoms with Crippen molar-refractivity contribution in [3.63, 3.8) is 0 Å². The van der Waals surface area contributed by atoms with Crippen molar-refractivity contribution in [2.24, 2.45) is 0 Å². The van der Waals surface area contributed by atoms with Crippen LogP contribution in [0.1, 0.15) is 22.3 Å². The number of nitrogens with one attached hydrogen (secondary N) is 1. The minimum Gasteiger partial charge on any atom is -0.352 e. The van der Waals surface area contributed by atoms with Crippen LogP contribution < -0.4 is 5.32 Å². The summed E-state index contributed by atoms with van der Waals surface area (Å²) in [6.45, 7) is 2.40. The van der Waals surface area contributed by atoms with E-state index in [4.69, 9.17) is 0 Å². The van der Waals surface area contributed by atoms with Gasteiger partial charge in [0.2, 0.25) is 0 Å². The maximum atomic E-state index is 12.8. The molecule has 0 heterocycles. The first kappa shape index (κ1) is 12.4. The third-order valence-corrected chi connectivity index (χ3v) is 2.79. The van der Waals surface area contributed by atoms with E-state index in [-0.39, 0.29) is 11.7 Å². The van der Waals surface area contributed by atoms with Crippen LogP contribution in [0.25, 0.3) is 0 Å². The second-order valence-corrected chi connectivity index (χ2v) is 4.34. The molecule has 0 aromatic heterocycles. The second-order valence-electron chi connectivity index (χ2n) is 3.26. The lowest BCUT2D eigenvalue weighted by Crippen LogP contribution is -2.25. The monoisotopic (exact) mass is 321 g/mol. The number of aryl methyl sites for hydroxylation is 1. The van der Waals surface area contributed by atoms with Crippen molar-refractivity contribution in [2.45, 2.75) is 13.3 Å². The molecule has 4 heteroatoms. The minimum atomic E-state index is -0.309. The molecule has 15 heavy (non-hydrogen) atoms. The minimum absolute atomic E-state index is 0.127. The summed E-state index contributed by atoms with van der Waals surface area (Å²) < 4.78 is 13.8. The molecule has 82 valence electrons. The summed E-state index contributed by atoms with van der Waals surface area (Å²) in [5, 5.41) is 2.79. The van der Waals surface area contributed by atoms with Crippen molar-refractivity contribution in [3.8, 4) is 0 Å². The SMILES string of the molecule is Cc1cc(F)ccc1C(=O)NCCCI. The Bertz CT molecular complexity index is 354. The zero-order valence-corrected chi connectivity index (χ0v) is 10.7. The molecule has 0 atom stereocenters. The van der Waals surface area contributed by atoms with E-state index in [2.05, 4.69) is 27.9 Å². The number of carbonyl (C=O) groups is 1. The van der Waals surface area contributed by atoms with Crippen LogP contribution in [-0.2, 0) is 0 Å². The second kappa shape index (κ2) is 6.05. The lowest BCUT2D eigenvalue weighted by molar-refractivity contribution is 0.0953. The van der Waals surface area contributed by atoms with Crippen LogP contribution in [0.15, 0.2) is 18.2 Å². The van der Waals surface area contributed by atoms with Crippen LogP contribution in [0.5, 0.6) is 0 Å². The Morgan fingerprint density at radius 3 is 2.87 bits per heavy atom. The Morgan fingerprint density at radius 2 is 2.27 bits per heavy atom. The summed E-state index contributed by atoms with van der Waals surface area (Å²) in [5.41, 5.74) is 1.21. The fraction of sp³-hybridized carbons (Fsp3) is 0.364. The number of carbonyl (C=O) groups excluding carboxylic acids is 1. The van der Waals surface area contributed by atoms with E-state index in [9.17, 15) is 9.18 Å². The van der Waals surface area contributed by atoms with E-state index in [1.807, 2.05) is 0 Å². The molecule has 0 saturated carbocycles. The molecule has 1 rings (SSSR count). The number of hydrogen-bond acceptors (Lipinski definition) is 1. The molecule has 1 amide bonds. The topological polar surface area (TPSA) is 29.1 Å². The molecule has 0 radical (unpaired) electrons. The smallest absolute Gasteiger partial charge is 0.251 e. The number of rotatable bonds is 4. The highest BCUT2D eigenvalue weighted by atomic mass is 127. The maximum absolute atomic E-state index is 12.8. The molecule has 0 aliphatic heterocycles. The van der Waals surface area contributed by atoms with Crippen LogP contribution >= 0.6 is 22.6 Å². The van der Waals surface area contributed by atoms with E-state index >= 15 is 0 Å². The standard InChI is InChI=1S/C11H13FINO/c1-8-7-9(12)3-4-10(8)11(15)14-6-2-5-13/h3-4,7H,2,5-6H2,1H3,(H,14,15). The summed E-state index contributed by atoms with van der Waals surface area (Å²) in [5.74, 6) is -0.436. The molecule has 0 saturated heterocycles. The Hall–Kier alpha value is -0.650. The summed E-state index contributed by atoms with van der Waals surface area (Å²) in [6, 6.07) is 4.19. The van der Waals surface area contributed by atoms with Gasteiger partial charge in [0.25, 0.3) is 5.91 Å². The quantitative estimate of drug-likeness (QED) is 0.516. The van der Waals surface area contributed by atoms with Crippen LogP contribution in [0.4, 0.5) is 4.39 Å². The molecule has 1 N–H and O–H groups in total. The van der Waals surface area contributed by atoms with E-state index in [0.717, 1.165) is 10.8 Å². The first-order valence-corrected chi connectivity index (χ1v) is 6.28. The van der Waals surface area contributed by atoms with Gasteiger partial charge in [0.05, 0.1) is 0 Å². The summed E-state index contributed by atoms with van der Waals surface area (Å²) in [7, 11) is 0. The van der Waals surface area contributed by atoms with Gasteiger partial charge in [0, 0.05) is 16.5 Å². The van der Waals surface area contributed by atoms with Gasteiger partial charge >= 0.3 is 0 Å². The molecular formula is C11H13FINO. The molecule has 0 unspecified atom stereocenters. The van der Waals surface area contributed by atoms with Crippen molar-refractivity contribution < 1.29 is 9.18 Å². The molecule has 0 aliphatic carbocycles. The molecular weight excluding hydrogens is 308 g/mol. The molecule has 0 bridgehead atoms. The van der Waals surface area contributed by atoms with Gasteiger partial charge in [-0.1, -0.05) is 22.6 Å². The number of hydrogen-bond donors (Lipinski definition) is 1. The largest absolute Gasteiger partial charge is 0.352 e. The van der Waals surface area contributed by atoms with Crippen molar-refractivity contribution in [2.75, 3.05) is 11.0 Å². The van der Waals surface area contributed by atoms with Gasteiger partial charge in [-0.15, -0.1) is 0 Å². The highest BCUT2D eigenvalue weighted by Crippen LogP contribution is 2.09. The number of alkyl halides is 1. The van der Waals surface area contributed by atoms with Crippen LogP contribution in [-0.4, -0.2) is 16.9 Å². The predicted octanol–water partition coefficient (Wildman–Crippen LogP) is 2.69. The average Bonchev–Trinajstić information content (AvgIpc) is 2.17. The predicted molar refractivity (Wildman–Crippen MR) is 67.0 cm³/mol. The third kappa shape index (κ3) is 3.77. The van der Waals surface area contributed by atoms with Gasteiger partial charge in [0.1, 0.15) is 5.82 Å². The van der Waals surface area contributed by atoms with Crippen molar-refractivity contribution in [3.05, 3.63) is 35.1 Å². The summed E-state index contributed by atoms with van der Waals surface area (Å²) in [6.07, 6.45) is 0.951. The van der Waals surface area contributed by atoms with Gasteiger partial charge in [-0.2, -0.15) is 0 Å². The first-order valence-electron chi connectivity index (χ1n) is 4.75. The number of amides is 1. The Balaban J connectivity index is 2.65. The van der Waals surface area contributed by atoms with Crippen LogP contribution in [0, 0.1) is 12.7 Å².